The lowest BCUT2D eigenvalue weighted by Gasteiger charge is -2.02. The molecule has 0 aromatic carbocycles. The number of nitrogens with zero attached hydrogens (tertiary/aromatic N) is 2. The third-order valence-corrected chi connectivity index (χ3v) is 2.08. The van der Waals surface area contributed by atoms with Gasteiger partial charge >= 0.3 is 0 Å². The monoisotopic (exact) mass is 251 g/mol. The molecule has 1 heterocycles. The zero-order valence-corrected chi connectivity index (χ0v) is 10.3. The summed E-state index contributed by atoms with van der Waals surface area (Å²) in [6.07, 6.45) is 4.77. The van der Waals surface area contributed by atoms with Gasteiger partial charge in [0.2, 0.25) is 11.8 Å². The van der Waals surface area contributed by atoms with Crippen LogP contribution in [0.25, 0.3) is 0 Å². The van der Waals surface area contributed by atoms with E-state index in [9.17, 15) is 9.59 Å². The molecule has 0 aliphatic rings. The third-order valence-electron chi connectivity index (χ3n) is 2.08. The maximum atomic E-state index is 11.5. The molecule has 0 saturated heterocycles. The van der Waals surface area contributed by atoms with Crippen molar-refractivity contribution in [3.63, 3.8) is 0 Å². The molecule has 0 unspecified atom stereocenters. The highest BCUT2D eigenvalue weighted by atomic mass is 16.2. The lowest BCUT2D eigenvalue weighted by Crippen LogP contribution is -2.28. The number of hydrogen-bond acceptors (Lipinski definition) is 4. The van der Waals surface area contributed by atoms with Crippen LogP contribution in [0.5, 0.6) is 0 Å². The molecule has 7 nitrogen and oxygen atoms in total. The van der Waals surface area contributed by atoms with Gasteiger partial charge in [0.15, 0.2) is 0 Å². The second kappa shape index (κ2) is 7.23. The van der Waals surface area contributed by atoms with Crippen molar-refractivity contribution >= 4 is 17.5 Å². The highest BCUT2D eigenvalue weighted by molar-refractivity contribution is 5.92. The summed E-state index contributed by atoms with van der Waals surface area (Å²) in [4.78, 5) is 22.6. The number of likely N-dealkylation sites (N-methyl/N-ethyl adjacent to an activating group) is 1. The van der Waals surface area contributed by atoms with Crippen molar-refractivity contribution in [2.45, 2.75) is 6.54 Å². The Morgan fingerprint density at radius 3 is 2.94 bits per heavy atom. The number of anilines is 1. The van der Waals surface area contributed by atoms with Gasteiger partial charge in [-0.1, -0.05) is 6.08 Å². The molecule has 0 fully saturated rings. The highest BCUT2D eigenvalue weighted by Gasteiger charge is 2.05. The van der Waals surface area contributed by atoms with E-state index in [0.29, 0.717) is 12.2 Å². The van der Waals surface area contributed by atoms with Crippen LogP contribution in [-0.4, -0.2) is 41.7 Å². The summed E-state index contributed by atoms with van der Waals surface area (Å²) in [6.45, 7) is 4.43. The van der Waals surface area contributed by atoms with Gasteiger partial charge in [-0.3, -0.25) is 14.3 Å². The molecule has 1 rings (SSSR count). The van der Waals surface area contributed by atoms with Gasteiger partial charge in [0.05, 0.1) is 18.4 Å². The molecule has 2 amide bonds. The number of hydrogen-bond donors (Lipinski definition) is 3. The Balaban J connectivity index is 2.41. The topological polar surface area (TPSA) is 88.1 Å². The number of carbonyl (C=O) groups is 2. The summed E-state index contributed by atoms with van der Waals surface area (Å²) < 4.78 is 1.45. The zero-order chi connectivity index (χ0) is 13.4. The number of amides is 2. The first-order chi connectivity index (χ1) is 8.65. The van der Waals surface area contributed by atoms with Crippen molar-refractivity contribution in [1.29, 1.82) is 0 Å². The highest BCUT2D eigenvalue weighted by Crippen LogP contribution is 2.03. The van der Waals surface area contributed by atoms with Crippen molar-refractivity contribution in [3.05, 3.63) is 25.0 Å². The van der Waals surface area contributed by atoms with E-state index in [1.54, 1.807) is 19.3 Å². The Labute approximate surface area is 105 Å². The minimum absolute atomic E-state index is 0.126. The normalized spacial score (nSPS) is 9.83. The average molecular weight is 251 g/mol. The molecule has 0 radical (unpaired) electrons. The Bertz CT molecular complexity index is 427. The molecular formula is C11H17N5O2. The van der Waals surface area contributed by atoms with Crippen LogP contribution in [0.15, 0.2) is 25.0 Å². The summed E-state index contributed by atoms with van der Waals surface area (Å²) in [5.74, 6) is -0.319. The Morgan fingerprint density at radius 1 is 1.50 bits per heavy atom. The summed E-state index contributed by atoms with van der Waals surface area (Å²) in [5, 5.41) is 12.0. The second-order valence-corrected chi connectivity index (χ2v) is 3.57. The molecule has 3 N–H and O–H groups in total. The maximum Gasteiger partial charge on any atom is 0.241 e. The SMILES string of the molecule is C=CCNCC(=O)Nc1cnn(CC(=O)NC)c1. The van der Waals surface area contributed by atoms with Gasteiger partial charge in [-0.15, -0.1) is 6.58 Å². The average Bonchev–Trinajstić information content (AvgIpc) is 2.76. The first-order valence-electron chi connectivity index (χ1n) is 5.50. The summed E-state index contributed by atoms with van der Waals surface area (Å²) in [7, 11) is 1.56. The van der Waals surface area contributed by atoms with Gasteiger partial charge in [-0.25, -0.2) is 0 Å². The van der Waals surface area contributed by atoms with Crippen molar-refractivity contribution < 1.29 is 9.59 Å². The van der Waals surface area contributed by atoms with E-state index < -0.39 is 0 Å². The minimum atomic E-state index is -0.170. The molecule has 0 saturated carbocycles. The Kier molecular flexibility index (Phi) is 5.59. The van der Waals surface area contributed by atoms with E-state index in [-0.39, 0.29) is 24.9 Å². The van der Waals surface area contributed by atoms with Crippen LogP contribution in [0.2, 0.25) is 0 Å². The molecule has 0 aliphatic carbocycles. The molecule has 0 spiro atoms. The molecule has 0 aliphatic heterocycles. The third kappa shape index (κ3) is 4.79. The molecule has 0 bridgehead atoms. The predicted octanol–water partition coefficient (Wildman–Crippen LogP) is -0.657. The van der Waals surface area contributed by atoms with E-state index in [0.717, 1.165) is 0 Å². The molecule has 0 atom stereocenters. The van der Waals surface area contributed by atoms with Crippen LogP contribution in [0.1, 0.15) is 0 Å². The zero-order valence-electron chi connectivity index (χ0n) is 10.3. The lowest BCUT2D eigenvalue weighted by atomic mass is 10.5. The fourth-order valence-electron chi connectivity index (χ4n) is 1.23. The van der Waals surface area contributed by atoms with Crippen LogP contribution in [0.3, 0.4) is 0 Å². The van der Waals surface area contributed by atoms with Crippen molar-refractivity contribution in [2.75, 3.05) is 25.5 Å². The van der Waals surface area contributed by atoms with Crippen molar-refractivity contribution in [2.24, 2.45) is 0 Å². The first-order valence-corrected chi connectivity index (χ1v) is 5.50. The van der Waals surface area contributed by atoms with Gasteiger partial charge in [-0.2, -0.15) is 5.10 Å². The van der Waals surface area contributed by atoms with E-state index in [1.165, 1.54) is 10.9 Å². The fraction of sp³-hybridized carbons (Fsp3) is 0.364. The summed E-state index contributed by atoms with van der Waals surface area (Å²) >= 11 is 0. The number of aromatic nitrogens is 2. The molecule has 98 valence electrons. The van der Waals surface area contributed by atoms with E-state index in [2.05, 4.69) is 27.6 Å². The molecular weight excluding hydrogens is 234 g/mol. The smallest absolute Gasteiger partial charge is 0.241 e. The lowest BCUT2D eigenvalue weighted by molar-refractivity contribution is -0.121. The van der Waals surface area contributed by atoms with Crippen LogP contribution < -0.4 is 16.0 Å². The number of carbonyl (C=O) groups excluding carboxylic acids is 2. The standard InChI is InChI=1S/C11H17N5O2/c1-3-4-13-6-10(17)15-9-5-14-16(7-9)8-11(18)12-2/h3,5,7,13H,1,4,6,8H2,2H3,(H,12,18)(H,15,17). The fourth-order valence-corrected chi connectivity index (χ4v) is 1.23. The van der Waals surface area contributed by atoms with Gasteiger partial charge in [0, 0.05) is 19.8 Å². The van der Waals surface area contributed by atoms with Crippen LogP contribution in [0.4, 0.5) is 5.69 Å². The summed E-state index contributed by atoms with van der Waals surface area (Å²) in [6, 6.07) is 0. The van der Waals surface area contributed by atoms with Crippen molar-refractivity contribution in [3.8, 4) is 0 Å². The molecule has 7 heteroatoms. The first kappa shape index (κ1) is 13.9. The molecule has 1 aromatic rings. The number of nitrogens with one attached hydrogen (secondary N) is 3. The van der Waals surface area contributed by atoms with Crippen molar-refractivity contribution in [1.82, 2.24) is 20.4 Å². The van der Waals surface area contributed by atoms with E-state index >= 15 is 0 Å². The van der Waals surface area contributed by atoms with Crippen LogP contribution >= 0.6 is 0 Å². The van der Waals surface area contributed by atoms with E-state index in [1.807, 2.05) is 0 Å². The van der Waals surface area contributed by atoms with Crippen LogP contribution in [0, 0.1) is 0 Å². The van der Waals surface area contributed by atoms with E-state index in [4.69, 9.17) is 0 Å². The largest absolute Gasteiger partial charge is 0.358 e. The number of rotatable bonds is 7. The maximum absolute atomic E-state index is 11.5. The minimum Gasteiger partial charge on any atom is -0.358 e. The van der Waals surface area contributed by atoms with Crippen LogP contribution in [-0.2, 0) is 16.1 Å². The Hall–Kier alpha value is -2.15. The predicted molar refractivity (Wildman–Crippen MR) is 68.0 cm³/mol. The quantitative estimate of drug-likeness (QED) is 0.443. The van der Waals surface area contributed by atoms with Gasteiger partial charge in [0.1, 0.15) is 6.54 Å². The molecule has 1 aromatic heterocycles. The second-order valence-electron chi connectivity index (χ2n) is 3.57. The Morgan fingerprint density at radius 2 is 2.28 bits per heavy atom. The molecule has 18 heavy (non-hydrogen) atoms. The van der Waals surface area contributed by atoms with Gasteiger partial charge < -0.3 is 16.0 Å². The summed E-state index contributed by atoms with van der Waals surface area (Å²) in [5.41, 5.74) is 0.560. The van der Waals surface area contributed by atoms with Gasteiger partial charge in [0.25, 0.3) is 0 Å². The van der Waals surface area contributed by atoms with Gasteiger partial charge in [-0.05, 0) is 0 Å².